The molecule has 0 aliphatic rings. The van der Waals surface area contributed by atoms with Crippen LogP contribution in [0.5, 0.6) is 0 Å². The molecule has 98 valence electrons. The predicted molar refractivity (Wildman–Crippen MR) is 74.0 cm³/mol. The maximum atomic E-state index is 13.8. The highest BCUT2D eigenvalue weighted by Crippen LogP contribution is 2.26. The lowest BCUT2D eigenvalue weighted by Gasteiger charge is -2.15. The Morgan fingerprint density at radius 1 is 1.16 bits per heavy atom. The average Bonchev–Trinajstić information content (AvgIpc) is 2.40. The highest BCUT2D eigenvalue weighted by Gasteiger charge is 2.25. The Balaban J connectivity index is 2.42. The van der Waals surface area contributed by atoms with Crippen molar-refractivity contribution in [2.45, 2.75) is 5.92 Å². The molecule has 0 spiro atoms. The van der Waals surface area contributed by atoms with Gasteiger partial charge < -0.3 is 5.73 Å². The molecule has 4 heteroatoms. The zero-order valence-corrected chi connectivity index (χ0v) is 10.9. The van der Waals surface area contributed by atoms with E-state index in [0.29, 0.717) is 0 Å². The fraction of sp³-hybridized carbons (Fsp3) is 0.133. The molecule has 0 fully saturated rings. The molecule has 1 unspecified atom stereocenters. The molecule has 0 aliphatic heterocycles. The van der Waals surface area contributed by atoms with E-state index in [1.807, 2.05) is 18.2 Å². The minimum absolute atomic E-state index is 0.0940. The molecule has 0 heterocycles. The Kier molecular flexibility index (Phi) is 4.30. The van der Waals surface area contributed by atoms with E-state index < -0.39 is 17.5 Å². The highest BCUT2D eigenvalue weighted by atomic mass is 35.5. The Labute approximate surface area is 116 Å². The lowest BCUT2D eigenvalue weighted by molar-refractivity contribution is 0.0958. The van der Waals surface area contributed by atoms with E-state index in [-0.39, 0.29) is 17.1 Å². The largest absolute Gasteiger partial charge is 0.329 e. The van der Waals surface area contributed by atoms with Crippen LogP contribution in [0.1, 0.15) is 21.8 Å². The van der Waals surface area contributed by atoms with E-state index in [2.05, 4.69) is 0 Å². The van der Waals surface area contributed by atoms with E-state index >= 15 is 0 Å². The molecule has 19 heavy (non-hydrogen) atoms. The third kappa shape index (κ3) is 2.83. The van der Waals surface area contributed by atoms with Gasteiger partial charge in [0.1, 0.15) is 5.82 Å². The van der Waals surface area contributed by atoms with Gasteiger partial charge in [-0.1, -0.05) is 48.0 Å². The SMILES string of the molecule is NCC(C(=O)c1c(F)cccc1Cl)c1ccccc1. The van der Waals surface area contributed by atoms with Gasteiger partial charge in [0.25, 0.3) is 0 Å². The minimum Gasteiger partial charge on any atom is -0.329 e. The second-order valence-corrected chi connectivity index (χ2v) is 4.57. The summed E-state index contributed by atoms with van der Waals surface area (Å²) >= 11 is 5.91. The van der Waals surface area contributed by atoms with Gasteiger partial charge in [0.15, 0.2) is 5.78 Å². The van der Waals surface area contributed by atoms with Gasteiger partial charge in [0.2, 0.25) is 0 Å². The number of hydrogen-bond acceptors (Lipinski definition) is 2. The van der Waals surface area contributed by atoms with Crippen molar-refractivity contribution in [2.75, 3.05) is 6.54 Å². The highest BCUT2D eigenvalue weighted by molar-refractivity contribution is 6.34. The third-order valence-electron chi connectivity index (χ3n) is 2.96. The van der Waals surface area contributed by atoms with Crippen LogP contribution in [-0.4, -0.2) is 12.3 Å². The van der Waals surface area contributed by atoms with Gasteiger partial charge in [-0.25, -0.2) is 4.39 Å². The first-order chi connectivity index (χ1) is 9.15. The molecule has 0 bridgehead atoms. The van der Waals surface area contributed by atoms with Crippen molar-refractivity contribution in [1.29, 1.82) is 0 Å². The molecule has 0 saturated carbocycles. The molecule has 2 aromatic carbocycles. The average molecular weight is 278 g/mol. The van der Waals surface area contributed by atoms with Crippen molar-refractivity contribution >= 4 is 17.4 Å². The maximum Gasteiger partial charge on any atom is 0.176 e. The lowest BCUT2D eigenvalue weighted by Crippen LogP contribution is -2.23. The van der Waals surface area contributed by atoms with Crippen LogP contribution >= 0.6 is 11.6 Å². The summed E-state index contributed by atoms with van der Waals surface area (Å²) < 4.78 is 13.8. The van der Waals surface area contributed by atoms with Crippen LogP contribution in [-0.2, 0) is 0 Å². The van der Waals surface area contributed by atoms with Crippen molar-refractivity contribution in [1.82, 2.24) is 0 Å². The first-order valence-electron chi connectivity index (χ1n) is 5.88. The fourth-order valence-electron chi connectivity index (χ4n) is 1.99. The summed E-state index contributed by atoms with van der Waals surface area (Å²) in [5.41, 5.74) is 6.32. The summed E-state index contributed by atoms with van der Waals surface area (Å²) in [6, 6.07) is 13.2. The molecular formula is C15H13ClFNO. The maximum absolute atomic E-state index is 13.8. The molecule has 2 rings (SSSR count). The predicted octanol–water partition coefficient (Wildman–Crippen LogP) is 3.40. The van der Waals surface area contributed by atoms with Crippen molar-refractivity contribution in [3.05, 3.63) is 70.5 Å². The second-order valence-electron chi connectivity index (χ2n) is 4.16. The lowest BCUT2D eigenvalue weighted by atomic mass is 9.90. The van der Waals surface area contributed by atoms with Crippen LogP contribution < -0.4 is 5.73 Å². The number of benzene rings is 2. The topological polar surface area (TPSA) is 43.1 Å². The van der Waals surface area contributed by atoms with Crippen LogP contribution in [0.3, 0.4) is 0 Å². The third-order valence-corrected chi connectivity index (χ3v) is 3.28. The van der Waals surface area contributed by atoms with Gasteiger partial charge in [-0.3, -0.25) is 4.79 Å². The van der Waals surface area contributed by atoms with Gasteiger partial charge in [0, 0.05) is 6.54 Å². The normalized spacial score (nSPS) is 12.2. The molecule has 2 N–H and O–H groups in total. The number of rotatable bonds is 4. The Morgan fingerprint density at radius 3 is 2.42 bits per heavy atom. The second kappa shape index (κ2) is 5.95. The summed E-state index contributed by atoms with van der Waals surface area (Å²) in [4.78, 5) is 12.4. The van der Waals surface area contributed by atoms with Crippen molar-refractivity contribution < 1.29 is 9.18 Å². The first-order valence-corrected chi connectivity index (χ1v) is 6.26. The van der Waals surface area contributed by atoms with Gasteiger partial charge in [-0.2, -0.15) is 0 Å². The summed E-state index contributed by atoms with van der Waals surface area (Å²) in [5, 5.41) is 0.111. The summed E-state index contributed by atoms with van der Waals surface area (Å²) in [6.45, 7) is 0.105. The van der Waals surface area contributed by atoms with Crippen molar-refractivity contribution in [3.63, 3.8) is 0 Å². The van der Waals surface area contributed by atoms with Crippen molar-refractivity contribution in [2.24, 2.45) is 5.73 Å². The van der Waals surface area contributed by atoms with Crippen LogP contribution in [0.15, 0.2) is 48.5 Å². The minimum atomic E-state index is -0.619. The zero-order chi connectivity index (χ0) is 13.8. The van der Waals surface area contributed by atoms with Crippen molar-refractivity contribution in [3.8, 4) is 0 Å². The van der Waals surface area contributed by atoms with Gasteiger partial charge >= 0.3 is 0 Å². The van der Waals surface area contributed by atoms with E-state index in [1.165, 1.54) is 18.2 Å². The monoisotopic (exact) mass is 277 g/mol. The summed E-state index contributed by atoms with van der Waals surface area (Å²) in [7, 11) is 0. The first kappa shape index (κ1) is 13.7. The molecule has 2 nitrogen and oxygen atoms in total. The van der Waals surface area contributed by atoms with E-state index in [1.54, 1.807) is 12.1 Å². The standard InChI is InChI=1S/C15H13ClFNO/c16-12-7-4-8-13(17)14(12)15(19)11(9-18)10-5-2-1-3-6-10/h1-8,11H,9,18H2. The zero-order valence-electron chi connectivity index (χ0n) is 10.1. The van der Waals surface area contributed by atoms with E-state index in [4.69, 9.17) is 17.3 Å². The fourth-order valence-corrected chi connectivity index (χ4v) is 2.24. The molecule has 1 atom stereocenters. The number of carbonyl (C=O) groups excluding carboxylic acids is 1. The van der Waals surface area contributed by atoms with E-state index in [9.17, 15) is 9.18 Å². The van der Waals surface area contributed by atoms with Gasteiger partial charge in [-0.05, 0) is 17.7 Å². The Morgan fingerprint density at radius 2 is 1.84 bits per heavy atom. The Bertz CT molecular complexity index is 566. The van der Waals surface area contributed by atoms with Crippen LogP contribution in [0.4, 0.5) is 4.39 Å². The quantitative estimate of drug-likeness (QED) is 0.871. The molecule has 0 saturated heterocycles. The molecule has 0 aromatic heterocycles. The molecular weight excluding hydrogens is 265 g/mol. The number of carbonyl (C=O) groups is 1. The molecule has 0 amide bonds. The van der Waals surface area contributed by atoms with Crippen LogP contribution in [0.2, 0.25) is 5.02 Å². The van der Waals surface area contributed by atoms with Crippen LogP contribution in [0.25, 0.3) is 0 Å². The van der Waals surface area contributed by atoms with Gasteiger partial charge in [0.05, 0.1) is 16.5 Å². The molecule has 0 radical (unpaired) electrons. The van der Waals surface area contributed by atoms with Gasteiger partial charge in [-0.15, -0.1) is 0 Å². The summed E-state index contributed by atoms with van der Waals surface area (Å²) in [6.07, 6.45) is 0. The number of halogens is 2. The smallest absolute Gasteiger partial charge is 0.176 e. The number of nitrogens with two attached hydrogens (primary N) is 1. The van der Waals surface area contributed by atoms with Crippen LogP contribution in [0, 0.1) is 5.82 Å². The number of ketones is 1. The van der Waals surface area contributed by atoms with E-state index in [0.717, 1.165) is 5.56 Å². The molecule has 2 aromatic rings. The number of Topliss-reactive ketones (excluding diaryl/α,β-unsaturated/α-hetero) is 1. The Hall–Kier alpha value is -1.71. The summed E-state index contributed by atoms with van der Waals surface area (Å²) in [5.74, 6) is -1.60. The molecule has 0 aliphatic carbocycles. The number of hydrogen-bond donors (Lipinski definition) is 1.